The Balaban J connectivity index is 1.50. The lowest BCUT2D eigenvalue weighted by Crippen LogP contribution is -2.65. The second kappa shape index (κ2) is 31.1. The molecule has 81 heavy (non-hydrogen) atoms. The number of allylic oxidation sites excluding steroid dienone is 3. The number of hydrogen-bond donors (Lipinski definition) is 4. The fraction of sp³-hybridized carbons (Fsp3) is 0.847. The molecule has 5 aliphatic rings. The summed E-state index contributed by atoms with van der Waals surface area (Å²) < 4.78 is 68.2. The Morgan fingerprint density at radius 1 is 0.877 bits per heavy atom. The number of aliphatic hydroxyl groups excluding tert-OH is 2. The Labute approximate surface area is 479 Å². The van der Waals surface area contributed by atoms with Gasteiger partial charge in [-0.2, -0.15) is 0 Å². The van der Waals surface area contributed by atoms with Crippen LogP contribution in [0.2, 0.25) is 0 Å². The second-order valence-corrected chi connectivity index (χ2v) is 24.2. The Morgan fingerprint density at radius 3 is 2.11 bits per heavy atom. The first-order valence-electron chi connectivity index (χ1n) is 29.2. The molecule has 0 spiro atoms. The minimum Gasteiger partial charge on any atom is -0.481 e. The van der Waals surface area contributed by atoms with Gasteiger partial charge in [-0.1, -0.05) is 59.3 Å². The topological polar surface area (TPSA) is 274 Å². The molecule has 5 rings (SSSR count). The molecule has 0 radical (unpaired) electrons. The van der Waals surface area contributed by atoms with E-state index in [1.807, 2.05) is 47.6 Å². The lowest BCUT2D eigenvalue weighted by molar-refractivity contribution is -0.378. The molecule has 5 aliphatic heterocycles. The normalized spacial score (nSPS) is 40.3. The van der Waals surface area contributed by atoms with Crippen LogP contribution in [0.1, 0.15) is 128 Å². The first kappa shape index (κ1) is 68.3. The molecule has 4 fully saturated rings. The number of methoxy groups -OCH3 is 2. The molecule has 22 nitrogen and oxygen atoms in total. The first-order valence-corrected chi connectivity index (χ1v) is 29.2. The largest absolute Gasteiger partial charge is 0.481 e. The van der Waals surface area contributed by atoms with Crippen molar-refractivity contribution >= 4 is 29.7 Å². The van der Waals surface area contributed by atoms with E-state index in [1.165, 1.54) is 34.1 Å². The van der Waals surface area contributed by atoms with Gasteiger partial charge >= 0.3 is 23.9 Å². The molecule has 0 saturated carbocycles. The van der Waals surface area contributed by atoms with Crippen LogP contribution in [0.25, 0.3) is 0 Å². The second-order valence-electron chi connectivity index (χ2n) is 24.2. The van der Waals surface area contributed by atoms with Gasteiger partial charge in [-0.3, -0.25) is 24.0 Å². The van der Waals surface area contributed by atoms with Crippen LogP contribution in [0.5, 0.6) is 0 Å². The molecule has 4 N–H and O–H groups in total. The predicted molar refractivity (Wildman–Crippen MR) is 294 cm³/mol. The van der Waals surface area contributed by atoms with Crippen molar-refractivity contribution in [3.63, 3.8) is 0 Å². The third-order valence-corrected chi connectivity index (χ3v) is 16.8. The molecule has 0 amide bonds. The van der Waals surface area contributed by atoms with Gasteiger partial charge in [0.05, 0.1) is 43.3 Å². The van der Waals surface area contributed by atoms with Crippen LogP contribution in [0.3, 0.4) is 0 Å². The third-order valence-electron chi connectivity index (χ3n) is 16.8. The van der Waals surface area contributed by atoms with Crippen LogP contribution >= 0.6 is 0 Å². The standard InChI is InChI=1S/C59H98N2O20/c1-16-43-41(30-73-58-54(72-15)53(71-14)49(66)36(8)74-58)26-32(4)17-18-42(63)33(5)27-40(21-24-61-22-19-39(20-23-61)56(68)69)51(35(7)44(76-38(10)62)29-46(65)77-43)80-57-50(67)48(60(12)13)52(37(9)75-57)79-47-28-34(6)55(59(11,70)81-47)78-45(64)25-31(2)3/h17-18,26,31,33-37,39-41,43-44,47-55,57-58,66-67,70H,16,19-25,27-30H2,1-15H3,(H,68,69)/b18-17+,32-26+/t33-,34-,35?,36-,37-,40+,41-,43-,44-,47+,48-,49-,50-,51-,52-,53-,54-,55+,57+,58-,59-/m1/s1. The highest BCUT2D eigenvalue weighted by atomic mass is 16.8. The minimum absolute atomic E-state index is 0.0355. The summed E-state index contributed by atoms with van der Waals surface area (Å²) in [5.74, 6) is -8.02. The van der Waals surface area contributed by atoms with E-state index in [9.17, 15) is 44.4 Å². The molecular weight excluding hydrogens is 1060 g/mol. The number of ketones is 1. The molecule has 0 aromatic carbocycles. The zero-order valence-electron chi connectivity index (χ0n) is 50.6. The van der Waals surface area contributed by atoms with Gasteiger partial charge in [0.25, 0.3) is 0 Å². The van der Waals surface area contributed by atoms with Crippen LogP contribution in [0.15, 0.2) is 23.8 Å². The van der Waals surface area contributed by atoms with Gasteiger partial charge in [0, 0.05) is 57.7 Å². The van der Waals surface area contributed by atoms with Gasteiger partial charge in [0.15, 0.2) is 30.8 Å². The predicted octanol–water partition coefficient (Wildman–Crippen LogP) is 4.80. The zero-order valence-corrected chi connectivity index (χ0v) is 50.6. The van der Waals surface area contributed by atoms with Crippen LogP contribution in [0.4, 0.5) is 0 Å². The highest BCUT2D eigenvalue weighted by molar-refractivity contribution is 5.91. The van der Waals surface area contributed by atoms with E-state index in [2.05, 4.69) is 4.90 Å². The highest BCUT2D eigenvalue weighted by Crippen LogP contribution is 2.40. The lowest BCUT2D eigenvalue weighted by Gasteiger charge is -2.50. The average molecular weight is 1160 g/mol. The third kappa shape index (κ3) is 18.8. The van der Waals surface area contributed by atoms with Crippen LogP contribution in [0, 0.1) is 41.4 Å². The molecule has 0 bridgehead atoms. The van der Waals surface area contributed by atoms with Gasteiger partial charge < -0.3 is 82.3 Å². The van der Waals surface area contributed by atoms with E-state index in [-0.39, 0.29) is 43.5 Å². The summed E-state index contributed by atoms with van der Waals surface area (Å²) in [6.07, 6.45) is -6.38. The number of cyclic esters (lactones) is 1. The van der Waals surface area contributed by atoms with Crippen molar-refractivity contribution in [3.05, 3.63) is 23.8 Å². The maximum atomic E-state index is 14.5. The molecule has 464 valence electrons. The number of piperidine rings is 1. The van der Waals surface area contributed by atoms with Gasteiger partial charge in [-0.05, 0) is 111 Å². The summed E-state index contributed by atoms with van der Waals surface area (Å²) in [7, 11) is 6.48. The molecule has 22 heteroatoms. The summed E-state index contributed by atoms with van der Waals surface area (Å²) in [5, 5.41) is 44.7. The summed E-state index contributed by atoms with van der Waals surface area (Å²) in [4.78, 5) is 70.6. The van der Waals surface area contributed by atoms with Gasteiger partial charge in [0.1, 0.15) is 42.7 Å². The zero-order chi connectivity index (χ0) is 60.2. The fourth-order valence-electron chi connectivity index (χ4n) is 12.3. The number of carboxylic acid groups (broad SMARTS) is 1. The number of carboxylic acids is 1. The monoisotopic (exact) mass is 1150 g/mol. The van der Waals surface area contributed by atoms with Crippen LogP contribution in [-0.2, 0) is 76.1 Å². The molecule has 0 aromatic heterocycles. The van der Waals surface area contributed by atoms with E-state index in [0.717, 1.165) is 0 Å². The molecule has 0 aromatic rings. The Hall–Kier alpha value is -3.49. The first-order chi connectivity index (χ1) is 38.1. The van der Waals surface area contributed by atoms with Crippen molar-refractivity contribution < 1.29 is 96.5 Å². The Morgan fingerprint density at radius 2 is 1.53 bits per heavy atom. The Bertz CT molecular complexity index is 2100. The van der Waals surface area contributed by atoms with Gasteiger partial charge in [0.2, 0.25) is 5.79 Å². The van der Waals surface area contributed by atoms with Crippen molar-refractivity contribution in [1.29, 1.82) is 0 Å². The molecule has 4 saturated heterocycles. The average Bonchev–Trinajstić information content (AvgIpc) is 3.43. The maximum Gasteiger partial charge on any atom is 0.309 e. The van der Waals surface area contributed by atoms with Crippen molar-refractivity contribution in [2.24, 2.45) is 41.4 Å². The number of hydrogen-bond acceptors (Lipinski definition) is 21. The number of likely N-dealkylation sites (tertiary alicyclic amines) is 1. The number of aliphatic hydroxyl groups is 3. The number of aliphatic carboxylic acids is 1. The molecule has 0 aliphatic carbocycles. The van der Waals surface area contributed by atoms with E-state index in [1.54, 1.807) is 45.8 Å². The summed E-state index contributed by atoms with van der Waals surface area (Å²) in [6, 6.07) is -0.801. The molecule has 1 unspecified atom stereocenters. The van der Waals surface area contributed by atoms with Crippen molar-refractivity contribution in [2.75, 3.05) is 54.6 Å². The van der Waals surface area contributed by atoms with E-state index < -0.39 is 158 Å². The van der Waals surface area contributed by atoms with Crippen molar-refractivity contribution in [2.45, 2.75) is 225 Å². The summed E-state index contributed by atoms with van der Waals surface area (Å²) in [6.45, 7) is 20.6. The molecule has 21 atom stereocenters. The van der Waals surface area contributed by atoms with Crippen LogP contribution < -0.4 is 0 Å². The van der Waals surface area contributed by atoms with Crippen molar-refractivity contribution in [1.82, 2.24) is 9.80 Å². The number of likely N-dealkylation sites (N-methyl/N-ethyl adjacent to an activating group) is 1. The quantitative estimate of drug-likeness (QED) is 0.0998. The number of rotatable bonds is 19. The van der Waals surface area contributed by atoms with Crippen LogP contribution in [-0.4, -0.2) is 212 Å². The smallest absolute Gasteiger partial charge is 0.309 e. The fourth-order valence-corrected chi connectivity index (χ4v) is 12.3. The number of esters is 3. The van der Waals surface area contributed by atoms with Gasteiger partial charge in [-0.15, -0.1) is 0 Å². The number of carbonyl (C=O) groups excluding carboxylic acids is 4. The molecular formula is C59H98N2O20. The summed E-state index contributed by atoms with van der Waals surface area (Å²) in [5.41, 5.74) is 0.683. The van der Waals surface area contributed by atoms with E-state index in [4.69, 9.17) is 52.1 Å². The molecule has 5 heterocycles. The maximum absolute atomic E-state index is 14.5. The van der Waals surface area contributed by atoms with E-state index in [0.29, 0.717) is 50.9 Å². The van der Waals surface area contributed by atoms with Gasteiger partial charge in [-0.25, -0.2) is 0 Å². The number of nitrogens with zero attached hydrogens (tertiary/aromatic N) is 2. The number of carbonyl (C=O) groups is 5. The minimum atomic E-state index is -1.91. The van der Waals surface area contributed by atoms with Crippen molar-refractivity contribution in [3.8, 4) is 0 Å². The lowest BCUT2D eigenvalue weighted by atomic mass is 9.79. The van der Waals surface area contributed by atoms with E-state index >= 15 is 0 Å². The number of ether oxygens (including phenoxy) is 11. The summed E-state index contributed by atoms with van der Waals surface area (Å²) >= 11 is 0. The highest BCUT2D eigenvalue weighted by Gasteiger charge is 2.53. The Kier molecular flexibility index (Phi) is 26.2. The SMILES string of the molecule is CC[C@H]1OC(=O)C[C@@H](OC(C)=O)C(C)[C@@H](O[C@@H]2O[C@H](C)[C@@H](O[C@@H]3C[C@@H](C)[C@H](OC(=O)CC(C)C)[C@](C)(O)O3)[C@H](N(C)C)[C@H]2O)[C@@H](CCN2CCC(C(=O)O)CC2)C[C@@H](C)C(=O)/C=C/C(C)=C/[C@@H]1CO[C@@H]1O[C@H](C)[C@@H](O)[C@@H](OC)[C@H]1OC.